The van der Waals surface area contributed by atoms with E-state index < -0.39 is 11.4 Å². The van der Waals surface area contributed by atoms with Crippen LogP contribution in [-0.4, -0.2) is 4.98 Å². The molecule has 0 amide bonds. The van der Waals surface area contributed by atoms with Crippen molar-refractivity contribution in [3.8, 4) is 0 Å². The van der Waals surface area contributed by atoms with Crippen molar-refractivity contribution in [1.29, 1.82) is 0 Å². The van der Waals surface area contributed by atoms with Gasteiger partial charge in [0, 0.05) is 9.86 Å². The zero-order valence-electron chi connectivity index (χ0n) is 6.47. The first-order valence-electron chi connectivity index (χ1n) is 3.65. The van der Waals surface area contributed by atoms with Crippen LogP contribution in [-0.2, 0) is 0 Å². The number of hydrogen-bond acceptors (Lipinski definition) is 1. The normalized spacial score (nSPS) is 10.6. The minimum absolute atomic E-state index is 0.619. The first kappa shape index (κ1) is 8.44. The van der Waals surface area contributed by atoms with Crippen molar-refractivity contribution < 1.29 is 4.39 Å². The van der Waals surface area contributed by atoms with Crippen LogP contribution in [0.15, 0.2) is 33.5 Å². The van der Waals surface area contributed by atoms with E-state index in [-0.39, 0.29) is 0 Å². The van der Waals surface area contributed by atoms with Crippen molar-refractivity contribution >= 4 is 26.8 Å². The summed E-state index contributed by atoms with van der Waals surface area (Å²) in [5.41, 5.74) is -0.0756. The Bertz CT molecular complexity index is 520. The number of nitrogens with one attached hydrogen (secondary N) is 1. The maximum Gasteiger partial charge on any atom is 0.284 e. The predicted molar refractivity (Wildman–Crippen MR) is 52.2 cm³/mol. The molecule has 0 radical (unpaired) electrons. The van der Waals surface area contributed by atoms with E-state index in [9.17, 15) is 9.18 Å². The fourth-order valence-corrected chi connectivity index (χ4v) is 1.65. The van der Waals surface area contributed by atoms with Gasteiger partial charge in [-0.25, -0.2) is 4.39 Å². The number of benzene rings is 1. The zero-order valence-corrected chi connectivity index (χ0v) is 8.06. The third-order valence-electron chi connectivity index (χ3n) is 1.78. The topological polar surface area (TPSA) is 32.9 Å². The molecule has 0 aliphatic rings. The molecule has 0 spiro atoms. The molecule has 0 aliphatic carbocycles. The predicted octanol–water partition coefficient (Wildman–Crippen LogP) is 2.43. The van der Waals surface area contributed by atoms with Gasteiger partial charge >= 0.3 is 0 Å². The van der Waals surface area contributed by atoms with Crippen molar-refractivity contribution in [2.45, 2.75) is 0 Å². The van der Waals surface area contributed by atoms with E-state index in [2.05, 4.69) is 20.9 Å². The van der Waals surface area contributed by atoms with Crippen molar-refractivity contribution in [3.05, 3.63) is 44.9 Å². The Morgan fingerprint density at radius 1 is 1.38 bits per heavy atom. The maximum absolute atomic E-state index is 12.8. The highest BCUT2D eigenvalue weighted by Gasteiger charge is 2.02. The van der Waals surface area contributed by atoms with Crippen LogP contribution in [0.5, 0.6) is 0 Å². The van der Waals surface area contributed by atoms with Crippen molar-refractivity contribution in [3.63, 3.8) is 0 Å². The highest BCUT2D eigenvalue weighted by atomic mass is 79.9. The summed E-state index contributed by atoms with van der Waals surface area (Å²) in [6, 6.07) is 6.53. The molecule has 0 unspecified atom stereocenters. The molecular formula is C9H5BrFNO. The lowest BCUT2D eigenvalue weighted by atomic mass is 10.2. The smallest absolute Gasteiger partial charge is 0.284 e. The summed E-state index contributed by atoms with van der Waals surface area (Å²) < 4.78 is 13.6. The Morgan fingerprint density at radius 2 is 2.15 bits per heavy atom. The second-order valence-corrected chi connectivity index (χ2v) is 3.50. The maximum atomic E-state index is 12.8. The molecule has 1 N–H and O–H groups in total. The van der Waals surface area contributed by atoms with Crippen LogP contribution in [0, 0.1) is 5.82 Å². The molecule has 1 heterocycles. The Hall–Kier alpha value is -1.16. The van der Waals surface area contributed by atoms with E-state index in [1.54, 1.807) is 18.2 Å². The van der Waals surface area contributed by atoms with Gasteiger partial charge in [0.05, 0.1) is 5.52 Å². The van der Waals surface area contributed by atoms with E-state index in [0.29, 0.717) is 10.9 Å². The molecule has 1 aromatic heterocycles. The summed E-state index contributed by atoms with van der Waals surface area (Å²) in [6.07, 6.45) is 0. The number of hydrogen-bond donors (Lipinski definition) is 1. The lowest BCUT2D eigenvalue weighted by Gasteiger charge is -1.99. The molecule has 0 atom stereocenters. The molecule has 0 saturated heterocycles. The molecule has 2 aromatic rings. The van der Waals surface area contributed by atoms with Gasteiger partial charge < -0.3 is 4.98 Å². The summed E-state index contributed by atoms with van der Waals surface area (Å²) in [5, 5.41) is 0.673. The van der Waals surface area contributed by atoms with E-state index in [1.165, 1.54) is 6.07 Å². The van der Waals surface area contributed by atoms with Crippen LogP contribution in [0.1, 0.15) is 0 Å². The van der Waals surface area contributed by atoms with Crippen LogP contribution in [0.25, 0.3) is 10.9 Å². The van der Waals surface area contributed by atoms with Gasteiger partial charge in [0.2, 0.25) is 0 Å². The fraction of sp³-hybridized carbons (Fsp3) is 0. The van der Waals surface area contributed by atoms with Crippen molar-refractivity contribution in [2.75, 3.05) is 0 Å². The number of aromatic nitrogens is 1. The number of aromatic amines is 1. The van der Waals surface area contributed by atoms with Crippen molar-refractivity contribution in [2.24, 2.45) is 0 Å². The number of para-hydroxylation sites is 1. The average molecular weight is 242 g/mol. The van der Waals surface area contributed by atoms with E-state index in [1.807, 2.05) is 0 Å². The minimum Gasteiger partial charge on any atom is -0.318 e. The molecule has 13 heavy (non-hydrogen) atoms. The van der Waals surface area contributed by atoms with Crippen LogP contribution >= 0.6 is 15.9 Å². The molecule has 0 aliphatic heterocycles. The molecule has 4 heteroatoms. The molecule has 1 aromatic carbocycles. The Kier molecular flexibility index (Phi) is 1.92. The Morgan fingerprint density at radius 3 is 2.92 bits per heavy atom. The zero-order chi connectivity index (χ0) is 9.42. The number of H-pyrrole nitrogens is 1. The molecule has 2 nitrogen and oxygen atoms in total. The molecule has 0 saturated carbocycles. The van der Waals surface area contributed by atoms with Gasteiger partial charge in [-0.15, -0.1) is 0 Å². The standard InChI is InChI=1S/C9H5BrFNO/c10-6-3-1-2-5-4-7(11)9(13)12-8(5)6/h1-4H,(H,12,13). The first-order chi connectivity index (χ1) is 6.18. The van der Waals surface area contributed by atoms with Crippen LogP contribution in [0.3, 0.4) is 0 Å². The van der Waals surface area contributed by atoms with Crippen LogP contribution in [0.2, 0.25) is 0 Å². The summed E-state index contributed by atoms with van der Waals surface area (Å²) >= 11 is 3.26. The van der Waals surface area contributed by atoms with Gasteiger partial charge in [-0.1, -0.05) is 12.1 Å². The number of pyridine rings is 1. The van der Waals surface area contributed by atoms with Gasteiger partial charge in [0.15, 0.2) is 5.82 Å². The summed E-state index contributed by atoms with van der Waals surface area (Å²) in [7, 11) is 0. The van der Waals surface area contributed by atoms with Crippen LogP contribution in [0.4, 0.5) is 4.39 Å². The van der Waals surface area contributed by atoms with Gasteiger partial charge in [-0.05, 0) is 28.1 Å². The molecule has 2 rings (SSSR count). The second-order valence-electron chi connectivity index (χ2n) is 2.65. The summed E-state index contributed by atoms with van der Waals surface area (Å²) in [4.78, 5) is 13.4. The lowest BCUT2D eigenvalue weighted by Crippen LogP contribution is -2.09. The van der Waals surface area contributed by atoms with E-state index in [0.717, 1.165) is 4.47 Å². The molecular weight excluding hydrogens is 237 g/mol. The van der Waals surface area contributed by atoms with E-state index >= 15 is 0 Å². The number of rotatable bonds is 0. The number of fused-ring (bicyclic) bond motifs is 1. The Balaban J connectivity index is 2.97. The number of halogens is 2. The SMILES string of the molecule is O=c1[nH]c2c(Br)cccc2cc1F. The third kappa shape index (κ3) is 1.37. The van der Waals surface area contributed by atoms with Gasteiger partial charge in [0.25, 0.3) is 5.56 Å². The van der Waals surface area contributed by atoms with Crippen molar-refractivity contribution in [1.82, 2.24) is 4.98 Å². The largest absolute Gasteiger partial charge is 0.318 e. The minimum atomic E-state index is -0.759. The highest BCUT2D eigenvalue weighted by Crippen LogP contribution is 2.20. The van der Waals surface area contributed by atoms with Crippen LogP contribution < -0.4 is 5.56 Å². The molecule has 66 valence electrons. The lowest BCUT2D eigenvalue weighted by molar-refractivity contribution is 0.612. The first-order valence-corrected chi connectivity index (χ1v) is 4.45. The second kappa shape index (κ2) is 2.96. The molecule has 0 fully saturated rings. The quantitative estimate of drug-likeness (QED) is 0.756. The average Bonchev–Trinajstić information content (AvgIpc) is 2.09. The van der Waals surface area contributed by atoms with Gasteiger partial charge in [-0.3, -0.25) is 4.79 Å². The fourth-order valence-electron chi connectivity index (χ4n) is 1.17. The third-order valence-corrected chi connectivity index (χ3v) is 2.44. The Labute approximate surface area is 81.5 Å². The summed E-state index contributed by atoms with van der Waals surface area (Å²) in [6.45, 7) is 0. The summed E-state index contributed by atoms with van der Waals surface area (Å²) in [5.74, 6) is -0.759. The van der Waals surface area contributed by atoms with Gasteiger partial charge in [-0.2, -0.15) is 0 Å². The molecule has 0 bridgehead atoms. The highest BCUT2D eigenvalue weighted by molar-refractivity contribution is 9.10. The van der Waals surface area contributed by atoms with E-state index in [4.69, 9.17) is 0 Å². The monoisotopic (exact) mass is 241 g/mol. The van der Waals surface area contributed by atoms with Gasteiger partial charge in [0.1, 0.15) is 0 Å².